The molecule has 0 spiro atoms. The normalized spacial score (nSPS) is 16.1. The number of benzene rings is 1. The van der Waals surface area contributed by atoms with E-state index in [9.17, 15) is 0 Å². The largest absolute Gasteiger partial charge is 0.371 e. The molecule has 0 atom stereocenters. The van der Waals surface area contributed by atoms with Crippen LogP contribution in [0.3, 0.4) is 0 Å². The van der Waals surface area contributed by atoms with E-state index in [1.807, 2.05) is 13.0 Å². The van der Waals surface area contributed by atoms with Crippen LogP contribution in [0, 0.1) is 18.3 Å². The lowest BCUT2D eigenvalue weighted by molar-refractivity contribution is 0.653. The molecular weight excluding hydrogens is 196 g/mol. The lowest BCUT2D eigenvalue weighted by Crippen LogP contribution is -2.29. The van der Waals surface area contributed by atoms with Gasteiger partial charge in [0.25, 0.3) is 0 Å². The SMILES string of the molecule is Cc1ccc(N(C)C2CCCC2)c(C#N)c1. The van der Waals surface area contributed by atoms with Crippen molar-refractivity contribution in [3.63, 3.8) is 0 Å². The molecule has 0 unspecified atom stereocenters. The van der Waals surface area contributed by atoms with E-state index in [-0.39, 0.29) is 0 Å². The van der Waals surface area contributed by atoms with E-state index in [0.29, 0.717) is 6.04 Å². The third-order valence-corrected chi connectivity index (χ3v) is 3.52. The zero-order valence-electron chi connectivity index (χ0n) is 10.0. The van der Waals surface area contributed by atoms with E-state index in [4.69, 9.17) is 5.26 Å². The van der Waals surface area contributed by atoms with Crippen molar-refractivity contribution in [2.45, 2.75) is 38.6 Å². The fourth-order valence-corrected chi connectivity index (χ4v) is 2.54. The first kappa shape index (κ1) is 11.0. The summed E-state index contributed by atoms with van der Waals surface area (Å²) in [5.41, 5.74) is 3.04. The zero-order valence-corrected chi connectivity index (χ0v) is 10.0. The molecule has 0 saturated heterocycles. The van der Waals surface area contributed by atoms with E-state index < -0.39 is 0 Å². The molecule has 2 rings (SSSR count). The molecule has 1 aliphatic carbocycles. The highest BCUT2D eigenvalue weighted by atomic mass is 15.1. The van der Waals surface area contributed by atoms with Crippen molar-refractivity contribution in [3.8, 4) is 6.07 Å². The Balaban J connectivity index is 2.28. The minimum Gasteiger partial charge on any atom is -0.371 e. The monoisotopic (exact) mass is 214 g/mol. The molecule has 0 bridgehead atoms. The molecule has 0 N–H and O–H groups in total. The fourth-order valence-electron chi connectivity index (χ4n) is 2.54. The van der Waals surface area contributed by atoms with Crippen molar-refractivity contribution in [1.29, 1.82) is 5.26 Å². The summed E-state index contributed by atoms with van der Waals surface area (Å²) >= 11 is 0. The van der Waals surface area contributed by atoms with Gasteiger partial charge in [0.05, 0.1) is 11.3 Å². The number of rotatable bonds is 2. The summed E-state index contributed by atoms with van der Waals surface area (Å²) in [5.74, 6) is 0. The second-order valence-corrected chi connectivity index (χ2v) is 4.68. The fraction of sp³-hybridized carbons (Fsp3) is 0.500. The third-order valence-electron chi connectivity index (χ3n) is 3.52. The molecule has 0 aliphatic heterocycles. The van der Waals surface area contributed by atoms with Crippen molar-refractivity contribution in [1.82, 2.24) is 0 Å². The lowest BCUT2D eigenvalue weighted by atomic mass is 10.1. The first-order chi connectivity index (χ1) is 7.72. The number of anilines is 1. The van der Waals surface area contributed by atoms with Crippen LogP contribution in [-0.2, 0) is 0 Å². The molecule has 2 heteroatoms. The summed E-state index contributed by atoms with van der Waals surface area (Å²) in [6.07, 6.45) is 5.16. The van der Waals surface area contributed by atoms with Gasteiger partial charge in [-0.15, -0.1) is 0 Å². The lowest BCUT2D eigenvalue weighted by Gasteiger charge is -2.27. The van der Waals surface area contributed by atoms with E-state index in [2.05, 4.69) is 30.1 Å². The Morgan fingerprint density at radius 2 is 2.00 bits per heavy atom. The summed E-state index contributed by atoms with van der Waals surface area (Å²) < 4.78 is 0. The van der Waals surface area contributed by atoms with E-state index in [1.54, 1.807) is 0 Å². The van der Waals surface area contributed by atoms with Gasteiger partial charge < -0.3 is 4.90 Å². The molecule has 1 saturated carbocycles. The predicted molar refractivity (Wildman–Crippen MR) is 66.6 cm³/mol. The number of hydrogen-bond acceptors (Lipinski definition) is 2. The van der Waals surface area contributed by atoms with Crippen LogP contribution in [0.4, 0.5) is 5.69 Å². The summed E-state index contributed by atoms with van der Waals surface area (Å²) in [6, 6.07) is 9.05. The molecule has 1 aromatic rings. The van der Waals surface area contributed by atoms with Crippen molar-refractivity contribution < 1.29 is 0 Å². The van der Waals surface area contributed by atoms with Gasteiger partial charge in [-0.2, -0.15) is 5.26 Å². The maximum absolute atomic E-state index is 9.16. The van der Waals surface area contributed by atoms with Gasteiger partial charge in [-0.25, -0.2) is 0 Å². The number of nitrogens with zero attached hydrogens (tertiary/aromatic N) is 2. The molecule has 0 aromatic heterocycles. The van der Waals surface area contributed by atoms with Gasteiger partial charge in [0, 0.05) is 13.1 Å². The highest BCUT2D eigenvalue weighted by Gasteiger charge is 2.21. The quantitative estimate of drug-likeness (QED) is 0.755. The molecule has 84 valence electrons. The maximum atomic E-state index is 9.16. The minimum absolute atomic E-state index is 0.620. The highest BCUT2D eigenvalue weighted by Crippen LogP contribution is 2.29. The van der Waals surface area contributed by atoms with Crippen LogP contribution >= 0.6 is 0 Å². The summed E-state index contributed by atoms with van der Waals surface area (Å²) in [4.78, 5) is 2.28. The molecular formula is C14H18N2. The Hall–Kier alpha value is -1.49. The zero-order chi connectivity index (χ0) is 11.5. The summed E-state index contributed by atoms with van der Waals surface area (Å²) in [7, 11) is 2.11. The minimum atomic E-state index is 0.620. The van der Waals surface area contributed by atoms with Gasteiger partial charge in [-0.3, -0.25) is 0 Å². The van der Waals surface area contributed by atoms with Crippen molar-refractivity contribution in [2.24, 2.45) is 0 Å². The summed E-state index contributed by atoms with van der Waals surface area (Å²) in [5, 5.41) is 9.16. The smallest absolute Gasteiger partial charge is 0.101 e. The van der Waals surface area contributed by atoms with Crippen LogP contribution in [0.5, 0.6) is 0 Å². The van der Waals surface area contributed by atoms with E-state index in [0.717, 1.165) is 16.8 Å². The van der Waals surface area contributed by atoms with Crippen LogP contribution in [0.2, 0.25) is 0 Å². The molecule has 2 nitrogen and oxygen atoms in total. The number of aryl methyl sites for hydroxylation is 1. The Bertz CT molecular complexity index is 411. The Kier molecular flexibility index (Phi) is 3.14. The highest BCUT2D eigenvalue weighted by molar-refractivity contribution is 5.60. The van der Waals surface area contributed by atoms with Gasteiger partial charge in [0.1, 0.15) is 6.07 Å². The first-order valence-electron chi connectivity index (χ1n) is 5.96. The van der Waals surface area contributed by atoms with Gasteiger partial charge in [0.15, 0.2) is 0 Å². The average molecular weight is 214 g/mol. The maximum Gasteiger partial charge on any atom is 0.101 e. The van der Waals surface area contributed by atoms with Crippen LogP contribution < -0.4 is 4.90 Å². The van der Waals surface area contributed by atoms with Crippen LogP contribution in [-0.4, -0.2) is 13.1 Å². The molecule has 1 fully saturated rings. The summed E-state index contributed by atoms with van der Waals surface area (Å²) in [6.45, 7) is 2.03. The number of hydrogen-bond donors (Lipinski definition) is 0. The van der Waals surface area contributed by atoms with Crippen LogP contribution in [0.15, 0.2) is 18.2 Å². The third kappa shape index (κ3) is 2.04. The average Bonchev–Trinajstić information content (AvgIpc) is 2.81. The Morgan fingerprint density at radius 1 is 1.31 bits per heavy atom. The number of nitriles is 1. The van der Waals surface area contributed by atoms with Gasteiger partial charge in [-0.05, 0) is 37.5 Å². The van der Waals surface area contributed by atoms with Crippen molar-refractivity contribution >= 4 is 5.69 Å². The molecule has 0 amide bonds. The van der Waals surface area contributed by atoms with Gasteiger partial charge in [-0.1, -0.05) is 18.9 Å². The second-order valence-electron chi connectivity index (χ2n) is 4.68. The van der Waals surface area contributed by atoms with Crippen molar-refractivity contribution in [2.75, 3.05) is 11.9 Å². The van der Waals surface area contributed by atoms with E-state index >= 15 is 0 Å². The Morgan fingerprint density at radius 3 is 2.62 bits per heavy atom. The molecule has 1 aliphatic rings. The second kappa shape index (κ2) is 4.57. The molecule has 1 aromatic carbocycles. The van der Waals surface area contributed by atoms with Crippen LogP contribution in [0.25, 0.3) is 0 Å². The first-order valence-corrected chi connectivity index (χ1v) is 5.96. The van der Waals surface area contributed by atoms with E-state index in [1.165, 1.54) is 25.7 Å². The Labute approximate surface area is 97.5 Å². The standard InChI is InChI=1S/C14H18N2/c1-11-7-8-14(12(9-11)10-15)16(2)13-5-3-4-6-13/h7-9,13H,3-6H2,1-2H3. The molecule has 0 radical (unpaired) electrons. The van der Waals surface area contributed by atoms with Gasteiger partial charge in [0.2, 0.25) is 0 Å². The topological polar surface area (TPSA) is 27.0 Å². The molecule has 0 heterocycles. The van der Waals surface area contributed by atoms with Gasteiger partial charge >= 0.3 is 0 Å². The molecule has 16 heavy (non-hydrogen) atoms. The van der Waals surface area contributed by atoms with Crippen molar-refractivity contribution in [3.05, 3.63) is 29.3 Å². The predicted octanol–water partition coefficient (Wildman–Crippen LogP) is 3.25. The van der Waals surface area contributed by atoms with Crippen LogP contribution in [0.1, 0.15) is 36.8 Å².